The van der Waals surface area contributed by atoms with Gasteiger partial charge in [0.1, 0.15) is 12.3 Å². The summed E-state index contributed by atoms with van der Waals surface area (Å²) in [4.78, 5) is 26.7. The first-order valence-electron chi connectivity index (χ1n) is 11.1. The summed E-state index contributed by atoms with van der Waals surface area (Å²) in [5, 5.41) is 3.30. The first-order valence-corrected chi connectivity index (χ1v) is 12.3. The minimum atomic E-state index is -0.455. The SMILES string of the molecule is CCOc1cc(/C=C2/NC(=O)N(Cc3cccc(C)c3)C2=O)c(Br)cc1OCc1ccccc1Cl. The fourth-order valence-electron chi connectivity index (χ4n) is 3.68. The van der Waals surface area contributed by atoms with E-state index in [1.807, 2.05) is 62.4 Å². The maximum atomic E-state index is 13.0. The molecule has 0 spiro atoms. The average molecular weight is 556 g/mol. The Bertz CT molecular complexity index is 1310. The van der Waals surface area contributed by atoms with Gasteiger partial charge in [0.25, 0.3) is 5.91 Å². The Morgan fingerprint density at radius 1 is 1.03 bits per heavy atom. The minimum absolute atomic E-state index is 0.190. The van der Waals surface area contributed by atoms with Crippen LogP contribution < -0.4 is 14.8 Å². The van der Waals surface area contributed by atoms with E-state index in [2.05, 4.69) is 21.2 Å². The third-order valence-electron chi connectivity index (χ3n) is 5.39. The van der Waals surface area contributed by atoms with Crippen LogP contribution in [0.1, 0.15) is 29.2 Å². The molecule has 8 heteroatoms. The number of urea groups is 1. The first-order chi connectivity index (χ1) is 16.9. The topological polar surface area (TPSA) is 67.9 Å². The predicted octanol–water partition coefficient (Wildman–Crippen LogP) is 6.48. The highest BCUT2D eigenvalue weighted by Crippen LogP contribution is 2.36. The van der Waals surface area contributed by atoms with Crippen molar-refractivity contribution in [1.29, 1.82) is 0 Å². The molecule has 1 aliphatic heterocycles. The van der Waals surface area contributed by atoms with Crippen LogP contribution in [-0.2, 0) is 17.9 Å². The van der Waals surface area contributed by atoms with Gasteiger partial charge in [-0.25, -0.2) is 4.79 Å². The van der Waals surface area contributed by atoms with Crippen LogP contribution in [0.3, 0.4) is 0 Å². The third kappa shape index (κ3) is 5.86. The molecule has 0 unspecified atom stereocenters. The van der Waals surface area contributed by atoms with Crippen molar-refractivity contribution in [3.8, 4) is 11.5 Å². The van der Waals surface area contributed by atoms with Gasteiger partial charge in [0.15, 0.2) is 11.5 Å². The molecular weight excluding hydrogens is 532 g/mol. The molecule has 0 radical (unpaired) electrons. The van der Waals surface area contributed by atoms with Gasteiger partial charge in [0.2, 0.25) is 0 Å². The summed E-state index contributed by atoms with van der Waals surface area (Å²) in [6.07, 6.45) is 1.63. The predicted molar refractivity (Wildman–Crippen MR) is 139 cm³/mol. The molecule has 6 nitrogen and oxygen atoms in total. The Balaban J connectivity index is 1.56. The lowest BCUT2D eigenvalue weighted by molar-refractivity contribution is -0.123. The second kappa shape index (κ2) is 11.0. The van der Waals surface area contributed by atoms with E-state index in [4.69, 9.17) is 21.1 Å². The van der Waals surface area contributed by atoms with E-state index in [1.165, 1.54) is 4.90 Å². The van der Waals surface area contributed by atoms with Crippen LogP contribution in [0, 0.1) is 6.92 Å². The average Bonchev–Trinajstić information content (AvgIpc) is 3.08. The molecule has 0 bridgehead atoms. The molecule has 0 aromatic heterocycles. The quantitative estimate of drug-likeness (QED) is 0.255. The molecule has 1 saturated heterocycles. The van der Waals surface area contributed by atoms with Gasteiger partial charge in [-0.2, -0.15) is 0 Å². The summed E-state index contributed by atoms with van der Waals surface area (Å²) in [6, 6.07) is 18.3. The van der Waals surface area contributed by atoms with Gasteiger partial charge in [-0.3, -0.25) is 9.69 Å². The lowest BCUT2D eigenvalue weighted by Crippen LogP contribution is -2.30. The number of aryl methyl sites for hydroxylation is 1. The zero-order chi connectivity index (χ0) is 24.9. The van der Waals surface area contributed by atoms with Gasteiger partial charge in [0.05, 0.1) is 13.2 Å². The van der Waals surface area contributed by atoms with Crippen molar-refractivity contribution in [2.45, 2.75) is 27.0 Å². The third-order valence-corrected chi connectivity index (χ3v) is 6.44. The number of nitrogens with zero attached hydrogens (tertiary/aromatic N) is 1. The van der Waals surface area contributed by atoms with Gasteiger partial charge in [0, 0.05) is 15.1 Å². The van der Waals surface area contributed by atoms with E-state index >= 15 is 0 Å². The van der Waals surface area contributed by atoms with E-state index in [9.17, 15) is 9.59 Å². The Kier molecular flexibility index (Phi) is 7.78. The van der Waals surface area contributed by atoms with Gasteiger partial charge in [-0.1, -0.05) is 75.6 Å². The fraction of sp³-hybridized carbons (Fsp3) is 0.185. The Labute approximate surface area is 217 Å². The Hall–Kier alpha value is -3.29. The number of nitrogens with one attached hydrogen (secondary N) is 1. The molecule has 4 rings (SSSR count). The van der Waals surface area contributed by atoms with Crippen LogP contribution in [-0.4, -0.2) is 23.4 Å². The molecule has 35 heavy (non-hydrogen) atoms. The number of imide groups is 1. The number of ether oxygens (including phenoxy) is 2. The Morgan fingerprint density at radius 3 is 2.54 bits per heavy atom. The molecule has 0 atom stereocenters. The highest BCUT2D eigenvalue weighted by atomic mass is 79.9. The first kappa shape index (κ1) is 24.8. The van der Waals surface area contributed by atoms with Crippen molar-refractivity contribution in [3.63, 3.8) is 0 Å². The zero-order valence-corrected chi connectivity index (χ0v) is 21.7. The molecular formula is C27H24BrClN2O4. The number of benzene rings is 3. The smallest absolute Gasteiger partial charge is 0.329 e. The van der Waals surface area contributed by atoms with Gasteiger partial charge < -0.3 is 14.8 Å². The van der Waals surface area contributed by atoms with Gasteiger partial charge >= 0.3 is 6.03 Å². The monoisotopic (exact) mass is 554 g/mol. The highest BCUT2D eigenvalue weighted by Gasteiger charge is 2.33. The molecule has 1 fully saturated rings. The second-order valence-electron chi connectivity index (χ2n) is 8.00. The van der Waals surface area contributed by atoms with E-state index < -0.39 is 6.03 Å². The van der Waals surface area contributed by atoms with Crippen molar-refractivity contribution < 1.29 is 19.1 Å². The van der Waals surface area contributed by atoms with Crippen molar-refractivity contribution in [2.24, 2.45) is 0 Å². The summed E-state index contributed by atoms with van der Waals surface area (Å²) in [5.74, 6) is 0.659. The summed E-state index contributed by atoms with van der Waals surface area (Å²) in [6.45, 7) is 4.75. The van der Waals surface area contributed by atoms with Crippen molar-refractivity contribution >= 4 is 45.5 Å². The number of amides is 3. The lowest BCUT2D eigenvalue weighted by atomic mass is 10.1. The second-order valence-corrected chi connectivity index (χ2v) is 9.26. The van der Waals surface area contributed by atoms with E-state index in [-0.39, 0.29) is 24.8 Å². The molecule has 1 heterocycles. The van der Waals surface area contributed by atoms with E-state index in [1.54, 1.807) is 18.2 Å². The van der Waals surface area contributed by atoms with Crippen LogP contribution in [0.4, 0.5) is 4.79 Å². The van der Waals surface area contributed by atoms with E-state index in [0.29, 0.717) is 33.2 Å². The van der Waals surface area contributed by atoms with Crippen LogP contribution in [0.2, 0.25) is 5.02 Å². The summed E-state index contributed by atoms with van der Waals surface area (Å²) in [5.41, 5.74) is 3.66. The largest absolute Gasteiger partial charge is 0.490 e. The number of rotatable bonds is 8. The fourth-order valence-corrected chi connectivity index (χ4v) is 4.30. The zero-order valence-electron chi connectivity index (χ0n) is 19.3. The number of halogens is 2. The molecule has 1 N–H and O–H groups in total. The van der Waals surface area contributed by atoms with Gasteiger partial charge in [-0.15, -0.1) is 0 Å². The molecule has 3 amide bonds. The number of hydrogen-bond acceptors (Lipinski definition) is 4. The maximum absolute atomic E-state index is 13.0. The molecule has 1 aliphatic rings. The lowest BCUT2D eigenvalue weighted by Gasteiger charge is -2.15. The van der Waals surface area contributed by atoms with Crippen molar-refractivity contribution in [2.75, 3.05) is 6.61 Å². The number of carbonyl (C=O) groups is 2. The molecule has 0 saturated carbocycles. The van der Waals surface area contributed by atoms with Crippen molar-refractivity contribution in [1.82, 2.24) is 10.2 Å². The number of hydrogen-bond donors (Lipinski definition) is 1. The van der Waals surface area contributed by atoms with Crippen LogP contribution in [0.25, 0.3) is 6.08 Å². The number of carbonyl (C=O) groups excluding carboxylic acids is 2. The normalized spacial score (nSPS) is 14.4. The minimum Gasteiger partial charge on any atom is -0.490 e. The molecule has 0 aliphatic carbocycles. The molecule has 3 aromatic carbocycles. The summed E-state index contributed by atoms with van der Waals surface area (Å²) >= 11 is 9.79. The summed E-state index contributed by atoms with van der Waals surface area (Å²) < 4.78 is 12.5. The van der Waals surface area contributed by atoms with Crippen LogP contribution in [0.5, 0.6) is 11.5 Å². The van der Waals surface area contributed by atoms with Crippen LogP contribution in [0.15, 0.2) is 70.8 Å². The Morgan fingerprint density at radius 2 is 1.80 bits per heavy atom. The van der Waals surface area contributed by atoms with E-state index in [0.717, 1.165) is 16.7 Å². The molecule has 180 valence electrons. The highest BCUT2D eigenvalue weighted by molar-refractivity contribution is 9.10. The standard InChI is InChI=1S/C27H24BrClN2O4/c1-3-34-24-13-20(21(28)14-25(24)35-16-19-9-4-5-10-22(19)29)12-23-26(32)31(27(33)30-23)15-18-8-6-7-17(2)11-18/h4-14H,3,15-16H2,1-2H3,(H,30,33)/b23-12+. The maximum Gasteiger partial charge on any atom is 0.329 e. The van der Waals surface area contributed by atoms with Crippen molar-refractivity contribution in [3.05, 3.63) is 98.1 Å². The summed E-state index contributed by atoms with van der Waals surface area (Å²) in [7, 11) is 0. The van der Waals surface area contributed by atoms with Crippen LogP contribution >= 0.6 is 27.5 Å². The molecule has 3 aromatic rings. The van der Waals surface area contributed by atoms with Gasteiger partial charge in [-0.05, 0) is 49.2 Å².